The molecule has 0 spiro atoms. The maximum atomic E-state index is 10.4. The van der Waals surface area contributed by atoms with Crippen molar-refractivity contribution >= 4 is 11.7 Å². The lowest BCUT2D eigenvalue weighted by molar-refractivity contribution is -0.132. The average molecular weight is 207 g/mol. The molecule has 0 rings (SSSR count). The van der Waals surface area contributed by atoms with Crippen LogP contribution >= 0.6 is 0 Å². The van der Waals surface area contributed by atoms with Crippen molar-refractivity contribution in [1.82, 2.24) is 0 Å². The van der Waals surface area contributed by atoms with Crippen molar-refractivity contribution in [2.24, 2.45) is 5.73 Å². The van der Waals surface area contributed by atoms with E-state index < -0.39 is 18.1 Å². The van der Waals surface area contributed by atoms with E-state index in [4.69, 9.17) is 21.1 Å². The quantitative estimate of drug-likeness (QED) is 0.422. The van der Waals surface area contributed by atoms with Gasteiger partial charge in [0, 0.05) is 13.5 Å². The molecule has 2 unspecified atom stereocenters. The third-order valence-corrected chi connectivity index (χ3v) is 1.45. The summed E-state index contributed by atoms with van der Waals surface area (Å²) in [6, 6.07) is 0. The van der Waals surface area contributed by atoms with E-state index >= 15 is 0 Å². The Morgan fingerprint density at radius 1 is 1.29 bits per heavy atom. The van der Waals surface area contributed by atoms with Crippen molar-refractivity contribution in [2.75, 3.05) is 7.11 Å². The van der Waals surface area contributed by atoms with Gasteiger partial charge in [-0.25, -0.2) is 0 Å². The molecule has 0 aromatic carbocycles. The van der Waals surface area contributed by atoms with E-state index in [0.717, 1.165) is 7.11 Å². The van der Waals surface area contributed by atoms with Gasteiger partial charge in [0.05, 0.1) is 6.10 Å². The van der Waals surface area contributed by atoms with E-state index in [1.54, 1.807) is 0 Å². The molecule has 0 saturated carbocycles. The van der Waals surface area contributed by atoms with Crippen LogP contribution < -0.4 is 5.73 Å². The van der Waals surface area contributed by atoms with Crippen LogP contribution in [0.25, 0.3) is 0 Å². The number of aliphatic hydroxyl groups excluding tert-OH is 3. The number of nitrogens with two attached hydrogens (primary N) is 1. The molecule has 2 atom stereocenters. The second kappa shape index (κ2) is 8.61. The maximum Gasteiger partial charge on any atom is 0.248 e. The zero-order valence-corrected chi connectivity index (χ0v) is 8.30. The molecule has 0 fully saturated rings. The van der Waals surface area contributed by atoms with Gasteiger partial charge in [0.1, 0.15) is 5.78 Å². The Balaban J connectivity index is 0. The van der Waals surface area contributed by atoms with Crippen LogP contribution in [-0.4, -0.2) is 46.3 Å². The summed E-state index contributed by atoms with van der Waals surface area (Å²) in [5.41, 5.74) is 4.71. The molecule has 6 heteroatoms. The molecule has 0 aliphatic heterocycles. The standard InChI is InChI=1S/C7H13NO4.CH4O/c1-4(9)2-3-5(10)6(11)7(8)12;1-2/h5-6,10-11H,2-3H2,1H3,(H2,8,12);2H,1H3. The monoisotopic (exact) mass is 207 g/mol. The van der Waals surface area contributed by atoms with Crippen molar-refractivity contribution in [2.45, 2.75) is 32.0 Å². The van der Waals surface area contributed by atoms with E-state index in [1.807, 2.05) is 0 Å². The van der Waals surface area contributed by atoms with Gasteiger partial charge in [0.25, 0.3) is 0 Å². The summed E-state index contributed by atoms with van der Waals surface area (Å²) >= 11 is 0. The summed E-state index contributed by atoms with van der Waals surface area (Å²) in [6.07, 6.45) is -2.64. The molecule has 84 valence electrons. The Hall–Kier alpha value is -0.980. The third kappa shape index (κ3) is 7.66. The normalized spacial score (nSPS) is 13.5. The highest BCUT2D eigenvalue weighted by atomic mass is 16.3. The molecule has 0 heterocycles. The molecule has 0 aromatic heterocycles. The molecule has 0 aliphatic carbocycles. The van der Waals surface area contributed by atoms with E-state index in [-0.39, 0.29) is 18.6 Å². The minimum absolute atomic E-state index is 0.0550. The van der Waals surface area contributed by atoms with Gasteiger partial charge in [0.2, 0.25) is 5.91 Å². The Morgan fingerprint density at radius 2 is 1.71 bits per heavy atom. The minimum Gasteiger partial charge on any atom is -0.400 e. The van der Waals surface area contributed by atoms with Gasteiger partial charge in [0.15, 0.2) is 6.10 Å². The Morgan fingerprint density at radius 3 is 2.00 bits per heavy atom. The van der Waals surface area contributed by atoms with Crippen molar-refractivity contribution in [3.8, 4) is 0 Å². The van der Waals surface area contributed by atoms with Gasteiger partial charge in [-0.3, -0.25) is 4.79 Å². The summed E-state index contributed by atoms with van der Waals surface area (Å²) in [4.78, 5) is 20.7. The number of Topliss-reactive ketones (excluding diaryl/α,β-unsaturated/α-hetero) is 1. The Labute approximate surface area is 82.3 Å². The second-order valence-corrected chi connectivity index (χ2v) is 2.66. The number of carbonyl (C=O) groups is 2. The number of hydrogen-bond donors (Lipinski definition) is 4. The number of ketones is 1. The largest absolute Gasteiger partial charge is 0.400 e. The molecule has 1 amide bonds. The number of carbonyl (C=O) groups excluding carboxylic acids is 2. The minimum atomic E-state index is -1.58. The number of hydrogen-bond acceptors (Lipinski definition) is 5. The highest BCUT2D eigenvalue weighted by Gasteiger charge is 2.21. The summed E-state index contributed by atoms with van der Waals surface area (Å²) in [6.45, 7) is 1.36. The number of primary amides is 1. The van der Waals surface area contributed by atoms with Gasteiger partial charge in [-0.1, -0.05) is 0 Å². The number of aliphatic hydroxyl groups is 3. The molecule has 0 saturated heterocycles. The summed E-state index contributed by atoms with van der Waals surface area (Å²) in [5.74, 6) is -1.09. The molecular formula is C8H17NO5. The van der Waals surface area contributed by atoms with E-state index in [2.05, 4.69) is 0 Å². The van der Waals surface area contributed by atoms with Crippen molar-refractivity contribution in [1.29, 1.82) is 0 Å². The number of rotatable bonds is 5. The van der Waals surface area contributed by atoms with Crippen LogP contribution in [0, 0.1) is 0 Å². The predicted octanol–water partition coefficient (Wildman–Crippen LogP) is -1.83. The average Bonchev–Trinajstić information content (AvgIpc) is 2.15. The first-order valence-electron chi connectivity index (χ1n) is 4.04. The van der Waals surface area contributed by atoms with Crippen LogP contribution in [0.1, 0.15) is 19.8 Å². The van der Waals surface area contributed by atoms with Gasteiger partial charge in [-0.15, -0.1) is 0 Å². The molecule has 5 N–H and O–H groups in total. The van der Waals surface area contributed by atoms with Gasteiger partial charge in [-0.2, -0.15) is 0 Å². The lowest BCUT2D eigenvalue weighted by atomic mass is 10.1. The van der Waals surface area contributed by atoms with Crippen LogP contribution in [-0.2, 0) is 9.59 Å². The van der Waals surface area contributed by atoms with Crippen LogP contribution in [0.15, 0.2) is 0 Å². The van der Waals surface area contributed by atoms with Gasteiger partial charge in [-0.05, 0) is 13.3 Å². The molecule has 14 heavy (non-hydrogen) atoms. The molecule has 0 aliphatic rings. The molecule has 0 aromatic rings. The molecule has 0 bridgehead atoms. The third-order valence-electron chi connectivity index (χ3n) is 1.45. The Bertz CT molecular complexity index is 183. The van der Waals surface area contributed by atoms with Crippen molar-refractivity contribution < 1.29 is 24.9 Å². The van der Waals surface area contributed by atoms with Crippen molar-refractivity contribution in [3.05, 3.63) is 0 Å². The van der Waals surface area contributed by atoms with Crippen LogP contribution in [0.2, 0.25) is 0 Å². The zero-order chi connectivity index (χ0) is 11.7. The van der Waals surface area contributed by atoms with E-state index in [9.17, 15) is 9.59 Å². The summed E-state index contributed by atoms with van der Waals surface area (Å²) in [7, 11) is 1.00. The van der Waals surface area contributed by atoms with E-state index in [1.165, 1.54) is 6.92 Å². The van der Waals surface area contributed by atoms with Gasteiger partial charge >= 0.3 is 0 Å². The topological polar surface area (TPSA) is 121 Å². The van der Waals surface area contributed by atoms with E-state index in [0.29, 0.717) is 0 Å². The van der Waals surface area contributed by atoms with Crippen LogP contribution in [0.5, 0.6) is 0 Å². The fourth-order valence-corrected chi connectivity index (χ4v) is 0.699. The highest BCUT2D eigenvalue weighted by Crippen LogP contribution is 2.02. The first-order valence-corrected chi connectivity index (χ1v) is 4.04. The lowest BCUT2D eigenvalue weighted by Crippen LogP contribution is -2.38. The predicted molar refractivity (Wildman–Crippen MR) is 49.3 cm³/mol. The summed E-state index contributed by atoms with van der Waals surface area (Å²) < 4.78 is 0. The Kier molecular flexibility index (Phi) is 9.53. The van der Waals surface area contributed by atoms with Crippen LogP contribution in [0.3, 0.4) is 0 Å². The molecular weight excluding hydrogens is 190 g/mol. The molecule has 6 nitrogen and oxygen atoms in total. The van der Waals surface area contributed by atoms with Gasteiger partial charge < -0.3 is 25.8 Å². The van der Waals surface area contributed by atoms with Crippen molar-refractivity contribution in [3.63, 3.8) is 0 Å². The first kappa shape index (κ1) is 15.5. The summed E-state index contributed by atoms with van der Waals surface area (Å²) in [5, 5.41) is 24.9. The SMILES string of the molecule is CC(=O)CCC(O)C(O)C(N)=O.CO. The smallest absolute Gasteiger partial charge is 0.248 e. The highest BCUT2D eigenvalue weighted by molar-refractivity contribution is 5.79. The zero-order valence-electron chi connectivity index (χ0n) is 8.30. The maximum absolute atomic E-state index is 10.4. The first-order chi connectivity index (χ1) is 6.45. The molecule has 0 radical (unpaired) electrons. The second-order valence-electron chi connectivity index (χ2n) is 2.66. The van der Waals surface area contributed by atoms with Crippen LogP contribution in [0.4, 0.5) is 0 Å². The fourth-order valence-electron chi connectivity index (χ4n) is 0.699. The fraction of sp³-hybridized carbons (Fsp3) is 0.750. The number of amides is 1. The lowest BCUT2D eigenvalue weighted by Gasteiger charge is -2.13.